The number of para-hydroxylation sites is 1. The van der Waals surface area contributed by atoms with Gasteiger partial charge in [0.05, 0.1) is 29.4 Å². The van der Waals surface area contributed by atoms with Crippen molar-refractivity contribution in [3.8, 4) is 0 Å². The molecule has 6 heteroatoms. The smallest absolute Gasteiger partial charge is 0.261 e. The molecule has 6 nitrogen and oxygen atoms in total. The van der Waals surface area contributed by atoms with E-state index in [2.05, 4.69) is 11.9 Å². The van der Waals surface area contributed by atoms with E-state index in [1.165, 1.54) is 10.9 Å². The molecule has 4 rings (SSSR count). The van der Waals surface area contributed by atoms with E-state index in [1.807, 2.05) is 54.3 Å². The molecule has 1 aromatic heterocycles. The summed E-state index contributed by atoms with van der Waals surface area (Å²) in [5, 5.41) is 11.7. The number of carbonyl (C=O) groups excluding carboxylic acids is 1. The number of nitrogens with zero attached hydrogens (tertiary/aromatic N) is 3. The number of aliphatic hydroxyl groups is 1. The Morgan fingerprint density at radius 2 is 1.84 bits per heavy atom. The fourth-order valence-corrected chi connectivity index (χ4v) is 4.39. The van der Waals surface area contributed by atoms with E-state index < -0.39 is 5.60 Å². The fraction of sp³-hybridized carbons (Fsp3) is 0.400. The summed E-state index contributed by atoms with van der Waals surface area (Å²) in [6.07, 6.45) is 2.86. The first kappa shape index (κ1) is 21.2. The number of amides is 1. The van der Waals surface area contributed by atoms with Gasteiger partial charge in [0.25, 0.3) is 5.56 Å². The van der Waals surface area contributed by atoms with Gasteiger partial charge in [0.15, 0.2) is 0 Å². The van der Waals surface area contributed by atoms with Crippen molar-refractivity contribution >= 4 is 16.8 Å². The molecule has 31 heavy (non-hydrogen) atoms. The Kier molecular flexibility index (Phi) is 5.92. The Morgan fingerprint density at radius 1 is 1.13 bits per heavy atom. The quantitative estimate of drug-likeness (QED) is 0.689. The van der Waals surface area contributed by atoms with Crippen LogP contribution < -0.4 is 5.56 Å². The lowest BCUT2D eigenvalue weighted by atomic mass is 9.90. The van der Waals surface area contributed by atoms with Gasteiger partial charge in [-0.3, -0.25) is 14.2 Å². The minimum absolute atomic E-state index is 0.110. The molecule has 0 saturated carbocycles. The van der Waals surface area contributed by atoms with Gasteiger partial charge in [-0.15, -0.1) is 0 Å². The van der Waals surface area contributed by atoms with Crippen LogP contribution >= 0.6 is 0 Å². The van der Waals surface area contributed by atoms with Gasteiger partial charge in [-0.25, -0.2) is 4.98 Å². The van der Waals surface area contributed by atoms with Crippen LogP contribution in [-0.2, 0) is 11.3 Å². The first-order valence-electron chi connectivity index (χ1n) is 10.9. The number of carbonyl (C=O) groups is 1. The van der Waals surface area contributed by atoms with Crippen molar-refractivity contribution in [1.29, 1.82) is 0 Å². The van der Waals surface area contributed by atoms with Crippen molar-refractivity contribution in [2.45, 2.75) is 51.2 Å². The number of fused-ring (bicyclic) bond motifs is 1. The molecule has 0 bridgehead atoms. The van der Waals surface area contributed by atoms with Gasteiger partial charge in [-0.05, 0) is 42.9 Å². The highest BCUT2D eigenvalue weighted by Crippen LogP contribution is 2.26. The zero-order valence-corrected chi connectivity index (χ0v) is 18.1. The van der Waals surface area contributed by atoms with Crippen LogP contribution in [0.25, 0.3) is 10.9 Å². The zero-order chi connectivity index (χ0) is 22.0. The number of hydrogen-bond acceptors (Lipinski definition) is 4. The molecule has 1 unspecified atom stereocenters. The first-order chi connectivity index (χ1) is 14.9. The predicted molar refractivity (Wildman–Crippen MR) is 121 cm³/mol. The van der Waals surface area contributed by atoms with Crippen LogP contribution in [0.4, 0.5) is 0 Å². The lowest BCUT2D eigenvalue weighted by molar-refractivity contribution is -0.136. The molecule has 1 aliphatic heterocycles. The van der Waals surface area contributed by atoms with Gasteiger partial charge in [0.1, 0.15) is 0 Å². The third-order valence-electron chi connectivity index (χ3n) is 6.42. The lowest BCUT2D eigenvalue weighted by Crippen LogP contribution is -2.49. The molecule has 0 radical (unpaired) electrons. The first-order valence-corrected chi connectivity index (χ1v) is 10.9. The molecule has 0 aliphatic carbocycles. The van der Waals surface area contributed by atoms with E-state index in [4.69, 9.17) is 0 Å². The van der Waals surface area contributed by atoms with E-state index in [0.717, 1.165) is 11.1 Å². The molecule has 1 amide bonds. The Labute approximate surface area is 182 Å². The summed E-state index contributed by atoms with van der Waals surface area (Å²) in [5.74, 6) is 0.263. The predicted octanol–water partition coefficient (Wildman–Crippen LogP) is 3.25. The highest BCUT2D eigenvalue weighted by atomic mass is 16.3. The number of piperidine rings is 1. The molecule has 2 aromatic carbocycles. The zero-order valence-electron chi connectivity index (χ0n) is 18.1. The van der Waals surface area contributed by atoms with Crippen LogP contribution in [0.15, 0.2) is 59.7 Å². The summed E-state index contributed by atoms with van der Waals surface area (Å²) in [5.41, 5.74) is 1.64. The highest BCUT2D eigenvalue weighted by molar-refractivity contribution is 5.80. The minimum Gasteiger partial charge on any atom is -0.388 e. The maximum absolute atomic E-state index is 12.9. The van der Waals surface area contributed by atoms with E-state index >= 15 is 0 Å². The monoisotopic (exact) mass is 419 g/mol. The Hall–Kier alpha value is -2.99. The molecule has 3 aromatic rings. The number of aryl methyl sites for hydroxylation is 1. The summed E-state index contributed by atoms with van der Waals surface area (Å²) in [4.78, 5) is 31.9. The average Bonchev–Trinajstić information content (AvgIpc) is 2.77. The fourth-order valence-electron chi connectivity index (χ4n) is 4.39. The summed E-state index contributed by atoms with van der Waals surface area (Å²) in [6, 6.07) is 15.6. The summed E-state index contributed by atoms with van der Waals surface area (Å²) < 4.78 is 1.50. The Morgan fingerprint density at radius 3 is 2.55 bits per heavy atom. The van der Waals surface area contributed by atoms with Crippen molar-refractivity contribution in [1.82, 2.24) is 14.5 Å². The van der Waals surface area contributed by atoms with Gasteiger partial charge >= 0.3 is 0 Å². The van der Waals surface area contributed by atoms with Crippen LogP contribution in [0.5, 0.6) is 0 Å². The summed E-state index contributed by atoms with van der Waals surface area (Å²) in [7, 11) is 0. The summed E-state index contributed by atoms with van der Waals surface area (Å²) >= 11 is 0. The van der Waals surface area contributed by atoms with Crippen molar-refractivity contribution < 1.29 is 9.90 Å². The number of benzene rings is 2. The number of rotatable bonds is 5. The Balaban J connectivity index is 1.40. The standard InChI is InChI=1S/C25H29N3O3/c1-18-7-6-10-21-23(18)26-17-28(24(21)30)16-25(31)11-13-27(14-12-25)22(29)15-19(2)20-8-4-3-5-9-20/h3-10,17,19,31H,11-16H2,1-2H3. The molecular formula is C25H29N3O3. The molecule has 1 atom stereocenters. The topological polar surface area (TPSA) is 75.4 Å². The van der Waals surface area contributed by atoms with Crippen molar-refractivity contribution in [3.05, 3.63) is 76.3 Å². The summed E-state index contributed by atoms with van der Waals surface area (Å²) in [6.45, 7) is 5.16. The molecule has 1 fully saturated rings. The van der Waals surface area contributed by atoms with E-state index in [1.54, 1.807) is 6.07 Å². The maximum atomic E-state index is 12.9. The number of aromatic nitrogens is 2. The van der Waals surface area contributed by atoms with Crippen molar-refractivity contribution in [2.75, 3.05) is 13.1 Å². The second-order valence-electron chi connectivity index (χ2n) is 8.77. The molecular weight excluding hydrogens is 390 g/mol. The van der Waals surface area contributed by atoms with Gasteiger partial charge in [-0.2, -0.15) is 0 Å². The van der Waals surface area contributed by atoms with Crippen LogP contribution in [0.1, 0.15) is 43.2 Å². The molecule has 1 aliphatic rings. The van der Waals surface area contributed by atoms with Crippen molar-refractivity contribution in [2.24, 2.45) is 0 Å². The van der Waals surface area contributed by atoms with Gasteiger partial charge in [0, 0.05) is 19.5 Å². The SMILES string of the molecule is Cc1cccc2c(=O)n(CC3(O)CCN(C(=O)CC(C)c4ccccc4)CC3)cnc12. The van der Waals surface area contributed by atoms with Crippen LogP contribution in [0.2, 0.25) is 0 Å². The van der Waals surface area contributed by atoms with Crippen molar-refractivity contribution in [3.63, 3.8) is 0 Å². The molecule has 1 N–H and O–H groups in total. The Bertz CT molecular complexity index is 1130. The largest absolute Gasteiger partial charge is 0.388 e. The van der Waals surface area contributed by atoms with Gasteiger partial charge in [-0.1, -0.05) is 49.4 Å². The van der Waals surface area contributed by atoms with Crippen LogP contribution in [0, 0.1) is 6.92 Å². The minimum atomic E-state index is -1.02. The number of likely N-dealkylation sites (tertiary alicyclic amines) is 1. The average molecular weight is 420 g/mol. The third kappa shape index (κ3) is 4.54. The second-order valence-corrected chi connectivity index (χ2v) is 8.77. The number of hydrogen-bond donors (Lipinski definition) is 1. The maximum Gasteiger partial charge on any atom is 0.261 e. The molecule has 162 valence electrons. The lowest BCUT2D eigenvalue weighted by Gasteiger charge is -2.38. The van der Waals surface area contributed by atoms with Crippen LogP contribution in [-0.4, -0.2) is 44.2 Å². The van der Waals surface area contributed by atoms with E-state index in [0.29, 0.717) is 43.3 Å². The third-order valence-corrected chi connectivity index (χ3v) is 6.42. The molecule has 0 spiro atoms. The highest BCUT2D eigenvalue weighted by Gasteiger charge is 2.35. The van der Waals surface area contributed by atoms with Gasteiger partial charge < -0.3 is 10.0 Å². The second kappa shape index (κ2) is 8.63. The van der Waals surface area contributed by atoms with E-state index in [9.17, 15) is 14.7 Å². The molecule has 1 saturated heterocycles. The molecule has 2 heterocycles. The normalized spacial score (nSPS) is 16.9. The van der Waals surface area contributed by atoms with Crippen LogP contribution in [0.3, 0.4) is 0 Å². The van der Waals surface area contributed by atoms with Gasteiger partial charge in [0.2, 0.25) is 5.91 Å². The van der Waals surface area contributed by atoms with E-state index in [-0.39, 0.29) is 23.9 Å².